The van der Waals surface area contributed by atoms with Crippen molar-refractivity contribution in [3.05, 3.63) is 47.5 Å². The Balaban J connectivity index is 1.69. The maximum Gasteiger partial charge on any atom is 0.161 e. The first-order valence-corrected chi connectivity index (χ1v) is 9.38. The maximum absolute atomic E-state index is 9.78. The topological polar surface area (TPSA) is 57.2 Å². The molecule has 1 aliphatic rings. The number of hydrogen-bond donors (Lipinski definition) is 1. The van der Waals surface area contributed by atoms with Crippen LogP contribution in [0.25, 0.3) is 0 Å². The minimum Gasteiger partial charge on any atom is -0.504 e. The lowest BCUT2D eigenvalue weighted by molar-refractivity contribution is 0.180. The zero-order valence-corrected chi connectivity index (χ0v) is 16.2. The molecule has 1 aliphatic heterocycles. The summed E-state index contributed by atoms with van der Waals surface area (Å²) in [5.74, 6) is 3.10. The van der Waals surface area contributed by atoms with E-state index in [0.717, 1.165) is 43.1 Å². The molecule has 2 aromatic carbocycles. The van der Waals surface area contributed by atoms with Crippen molar-refractivity contribution in [1.82, 2.24) is 0 Å². The molecule has 27 heavy (non-hydrogen) atoms. The van der Waals surface area contributed by atoms with Crippen molar-refractivity contribution >= 4 is 0 Å². The van der Waals surface area contributed by atoms with Gasteiger partial charge in [-0.25, -0.2) is 0 Å². The Hall–Kier alpha value is -2.40. The van der Waals surface area contributed by atoms with E-state index < -0.39 is 0 Å². The number of aromatic hydroxyl groups is 1. The number of benzene rings is 2. The standard InChI is InChI=1S/C22H28O5/c1-4-27-20-8-6-16(12-22(20)25-3)10-18-14-26-13-17(18)9-15-5-7-19(23)21(11-15)24-2/h5-8,11-12,17-18,23H,4,9-10,13-14H2,1-3H3/t17-,18-/m0/s1. The van der Waals surface area contributed by atoms with Gasteiger partial charge in [0.1, 0.15) is 0 Å². The van der Waals surface area contributed by atoms with E-state index in [1.807, 2.05) is 25.1 Å². The van der Waals surface area contributed by atoms with E-state index in [1.165, 1.54) is 5.56 Å². The highest BCUT2D eigenvalue weighted by atomic mass is 16.5. The number of rotatable bonds is 8. The van der Waals surface area contributed by atoms with Gasteiger partial charge in [-0.3, -0.25) is 0 Å². The van der Waals surface area contributed by atoms with Crippen molar-refractivity contribution in [2.45, 2.75) is 19.8 Å². The summed E-state index contributed by atoms with van der Waals surface area (Å²) in [5.41, 5.74) is 2.37. The third kappa shape index (κ3) is 4.66. The maximum atomic E-state index is 9.78. The van der Waals surface area contributed by atoms with Gasteiger partial charge in [-0.15, -0.1) is 0 Å². The largest absolute Gasteiger partial charge is 0.504 e. The van der Waals surface area contributed by atoms with Gasteiger partial charge in [-0.1, -0.05) is 12.1 Å². The second-order valence-electron chi connectivity index (χ2n) is 6.89. The Labute approximate surface area is 160 Å². The van der Waals surface area contributed by atoms with Crippen LogP contribution >= 0.6 is 0 Å². The highest BCUT2D eigenvalue weighted by Crippen LogP contribution is 2.34. The first-order valence-electron chi connectivity index (χ1n) is 9.38. The van der Waals surface area contributed by atoms with Crippen molar-refractivity contribution < 1.29 is 24.1 Å². The monoisotopic (exact) mass is 372 g/mol. The molecule has 0 aromatic heterocycles. The normalized spacial score (nSPS) is 19.1. The molecule has 5 heteroatoms. The number of phenols is 1. The van der Waals surface area contributed by atoms with Crippen LogP contribution in [0, 0.1) is 11.8 Å². The van der Waals surface area contributed by atoms with Crippen LogP contribution in [0.2, 0.25) is 0 Å². The van der Waals surface area contributed by atoms with E-state index in [-0.39, 0.29) is 5.75 Å². The van der Waals surface area contributed by atoms with Crippen LogP contribution in [0.3, 0.4) is 0 Å². The highest BCUT2D eigenvalue weighted by Gasteiger charge is 2.29. The van der Waals surface area contributed by atoms with Crippen molar-refractivity contribution in [2.24, 2.45) is 11.8 Å². The van der Waals surface area contributed by atoms with E-state index in [9.17, 15) is 5.11 Å². The summed E-state index contributed by atoms with van der Waals surface area (Å²) in [6, 6.07) is 11.7. The summed E-state index contributed by atoms with van der Waals surface area (Å²) < 4.78 is 22.1. The lowest BCUT2D eigenvalue weighted by Crippen LogP contribution is -2.17. The first kappa shape index (κ1) is 19.4. The second-order valence-corrected chi connectivity index (χ2v) is 6.89. The fourth-order valence-electron chi connectivity index (χ4n) is 3.66. The molecular weight excluding hydrogens is 344 g/mol. The number of methoxy groups -OCH3 is 2. The Morgan fingerprint density at radius 2 is 1.48 bits per heavy atom. The minimum atomic E-state index is 0.168. The van der Waals surface area contributed by atoms with Crippen molar-refractivity contribution in [1.29, 1.82) is 0 Å². The van der Waals surface area contributed by atoms with Crippen molar-refractivity contribution in [3.8, 4) is 23.0 Å². The van der Waals surface area contributed by atoms with Crippen molar-refractivity contribution in [3.63, 3.8) is 0 Å². The minimum absolute atomic E-state index is 0.168. The van der Waals surface area contributed by atoms with E-state index >= 15 is 0 Å². The van der Waals surface area contributed by atoms with Gasteiger partial charge in [0.05, 0.1) is 34.0 Å². The van der Waals surface area contributed by atoms with Gasteiger partial charge in [0, 0.05) is 0 Å². The molecule has 2 aromatic rings. The Morgan fingerprint density at radius 3 is 2.07 bits per heavy atom. The molecular formula is C22H28O5. The summed E-state index contributed by atoms with van der Waals surface area (Å²) in [4.78, 5) is 0. The van der Waals surface area contributed by atoms with E-state index in [2.05, 4.69) is 12.1 Å². The molecule has 3 rings (SSSR count). The molecule has 0 spiro atoms. The summed E-state index contributed by atoms with van der Waals surface area (Å²) in [6.45, 7) is 4.09. The van der Waals surface area contributed by atoms with Gasteiger partial charge in [0.15, 0.2) is 23.0 Å². The summed E-state index contributed by atoms with van der Waals surface area (Å²) in [5, 5.41) is 9.78. The third-order valence-electron chi connectivity index (χ3n) is 5.10. The molecule has 0 unspecified atom stereocenters. The van der Waals surface area contributed by atoms with E-state index in [1.54, 1.807) is 20.3 Å². The lowest BCUT2D eigenvalue weighted by Gasteiger charge is -2.19. The predicted molar refractivity (Wildman–Crippen MR) is 104 cm³/mol. The highest BCUT2D eigenvalue weighted by molar-refractivity contribution is 5.43. The molecule has 1 N–H and O–H groups in total. The van der Waals surface area contributed by atoms with Gasteiger partial charge in [-0.05, 0) is 67.0 Å². The fourth-order valence-corrected chi connectivity index (χ4v) is 3.66. The Bertz CT molecular complexity index is 758. The third-order valence-corrected chi connectivity index (χ3v) is 5.10. The van der Waals surface area contributed by atoms with E-state index in [0.29, 0.717) is 24.2 Å². The van der Waals surface area contributed by atoms with E-state index in [4.69, 9.17) is 18.9 Å². The summed E-state index contributed by atoms with van der Waals surface area (Å²) in [6.07, 6.45) is 1.83. The van der Waals surface area contributed by atoms with Gasteiger partial charge >= 0.3 is 0 Å². The second kappa shape index (κ2) is 9.00. The summed E-state index contributed by atoms with van der Waals surface area (Å²) >= 11 is 0. The number of hydrogen-bond acceptors (Lipinski definition) is 5. The smallest absolute Gasteiger partial charge is 0.161 e. The molecule has 1 fully saturated rings. The zero-order valence-electron chi connectivity index (χ0n) is 16.2. The quantitative estimate of drug-likeness (QED) is 0.763. The molecule has 0 bridgehead atoms. The molecule has 0 amide bonds. The van der Waals surface area contributed by atoms with Gasteiger partial charge in [0.25, 0.3) is 0 Å². The van der Waals surface area contributed by atoms with Gasteiger partial charge < -0.3 is 24.1 Å². The van der Waals surface area contributed by atoms with Crippen LogP contribution in [-0.2, 0) is 17.6 Å². The SMILES string of the molecule is CCOc1ccc(C[C@H]2COC[C@@H]2Cc2ccc(O)c(OC)c2)cc1OC. The van der Waals surface area contributed by atoms with Crippen LogP contribution in [0.15, 0.2) is 36.4 Å². The average Bonchev–Trinajstić information content (AvgIpc) is 3.11. The molecule has 0 radical (unpaired) electrons. The van der Waals surface area contributed by atoms with Crippen LogP contribution in [-0.4, -0.2) is 39.1 Å². The zero-order chi connectivity index (χ0) is 19.2. The lowest BCUT2D eigenvalue weighted by atomic mass is 9.85. The molecule has 0 saturated carbocycles. The van der Waals surface area contributed by atoms with Crippen LogP contribution in [0.5, 0.6) is 23.0 Å². The number of ether oxygens (including phenoxy) is 4. The molecule has 0 aliphatic carbocycles. The molecule has 2 atom stereocenters. The molecule has 1 saturated heterocycles. The Morgan fingerprint density at radius 1 is 0.889 bits per heavy atom. The van der Waals surface area contributed by atoms with Gasteiger partial charge in [0.2, 0.25) is 0 Å². The van der Waals surface area contributed by atoms with Crippen molar-refractivity contribution in [2.75, 3.05) is 34.0 Å². The molecule has 146 valence electrons. The molecule has 1 heterocycles. The average molecular weight is 372 g/mol. The van der Waals surface area contributed by atoms with Crippen LogP contribution in [0.1, 0.15) is 18.1 Å². The van der Waals surface area contributed by atoms with Gasteiger partial charge in [-0.2, -0.15) is 0 Å². The first-order chi connectivity index (χ1) is 13.1. The Kier molecular flexibility index (Phi) is 6.45. The number of phenolic OH excluding ortho intramolecular Hbond substituents is 1. The van der Waals surface area contributed by atoms with Crippen LogP contribution < -0.4 is 14.2 Å². The van der Waals surface area contributed by atoms with Crippen LogP contribution in [0.4, 0.5) is 0 Å². The molecule has 5 nitrogen and oxygen atoms in total. The summed E-state index contributed by atoms with van der Waals surface area (Å²) in [7, 11) is 3.24. The fraction of sp³-hybridized carbons (Fsp3) is 0.455. The predicted octanol–water partition coefficient (Wildman–Crippen LogP) is 3.86.